The fraction of sp³-hybridized carbons (Fsp3) is 0.923. The van der Waals surface area contributed by atoms with E-state index in [2.05, 4.69) is 4.72 Å². The summed E-state index contributed by atoms with van der Waals surface area (Å²) >= 11 is 0. The number of nitrogens with one attached hydrogen (secondary N) is 1. The highest BCUT2D eigenvalue weighted by Gasteiger charge is 2.47. The lowest BCUT2D eigenvalue weighted by atomic mass is 10.0. The molecule has 0 radical (unpaired) electrons. The number of likely N-dealkylation sites (tertiary alicyclic amines) is 1. The van der Waals surface area contributed by atoms with Crippen molar-refractivity contribution in [3.63, 3.8) is 0 Å². The first-order valence-corrected chi connectivity index (χ1v) is 9.03. The van der Waals surface area contributed by atoms with E-state index in [1.807, 2.05) is 20.8 Å². The van der Waals surface area contributed by atoms with Crippen LogP contribution in [0.25, 0.3) is 0 Å². The van der Waals surface area contributed by atoms with Crippen LogP contribution < -0.4 is 4.72 Å². The summed E-state index contributed by atoms with van der Waals surface area (Å²) in [6, 6.07) is -0.301. The predicted octanol–water partition coefficient (Wildman–Crippen LogP) is 1.63. The van der Waals surface area contributed by atoms with Gasteiger partial charge in [0.05, 0.1) is 24.9 Å². The van der Waals surface area contributed by atoms with Gasteiger partial charge in [-0.25, -0.2) is 17.6 Å². The molecule has 0 aromatic rings. The molecule has 1 fully saturated rings. The average molecular weight is 307 g/mol. The molecule has 2 N–H and O–H groups in total. The topological polar surface area (TPSA) is 83.5 Å². The average Bonchev–Trinajstić information content (AvgIpc) is 2.57. The van der Waals surface area contributed by atoms with Crippen LogP contribution in [0.5, 0.6) is 0 Å². The Morgan fingerprint density at radius 3 is 2.40 bits per heavy atom. The number of quaternary nitrogens is 1. The van der Waals surface area contributed by atoms with E-state index in [4.69, 9.17) is 0 Å². The van der Waals surface area contributed by atoms with E-state index in [1.165, 1.54) is 0 Å². The van der Waals surface area contributed by atoms with Crippen LogP contribution in [0, 0.1) is 5.92 Å². The summed E-state index contributed by atoms with van der Waals surface area (Å²) in [4.78, 5) is 11.7. The Morgan fingerprint density at radius 1 is 1.45 bits per heavy atom. The minimum atomic E-state index is -3.33. The lowest BCUT2D eigenvalue weighted by Crippen LogP contribution is -2.60. The molecule has 1 unspecified atom stereocenters. The Kier molecular flexibility index (Phi) is 5.57. The van der Waals surface area contributed by atoms with Crippen molar-refractivity contribution in [3.8, 4) is 0 Å². The molecule has 1 aliphatic heterocycles. The fourth-order valence-electron chi connectivity index (χ4n) is 3.19. The van der Waals surface area contributed by atoms with Gasteiger partial charge in [-0.2, -0.15) is 4.79 Å². The number of carbonyl (C=O) groups is 1. The summed E-state index contributed by atoms with van der Waals surface area (Å²) in [5.41, 5.74) is 0. The SMILES string of the molecule is CC(C)C[C@@H](C[N+]1(C(=O)O)CCC[C@H]1C)NS(C)(=O)=O. The van der Waals surface area contributed by atoms with E-state index < -0.39 is 16.1 Å². The number of amides is 1. The van der Waals surface area contributed by atoms with Gasteiger partial charge in [-0.3, -0.25) is 0 Å². The molecule has 118 valence electrons. The number of hydrogen-bond acceptors (Lipinski definition) is 3. The quantitative estimate of drug-likeness (QED) is 0.731. The second-order valence-corrected chi connectivity index (χ2v) is 8.21. The van der Waals surface area contributed by atoms with Crippen molar-refractivity contribution in [2.75, 3.05) is 19.3 Å². The van der Waals surface area contributed by atoms with Gasteiger partial charge in [0, 0.05) is 12.8 Å². The molecule has 20 heavy (non-hydrogen) atoms. The molecule has 0 bridgehead atoms. The molecular formula is C13H27N2O4S+. The summed E-state index contributed by atoms with van der Waals surface area (Å²) < 4.78 is 25.6. The molecule has 0 aromatic heterocycles. The normalized spacial score (nSPS) is 28.8. The Bertz CT molecular complexity index is 449. The van der Waals surface area contributed by atoms with E-state index >= 15 is 0 Å². The summed E-state index contributed by atoms with van der Waals surface area (Å²) in [5, 5.41) is 9.61. The van der Waals surface area contributed by atoms with Crippen LogP contribution in [0.2, 0.25) is 0 Å². The monoisotopic (exact) mass is 307 g/mol. The summed E-state index contributed by atoms with van der Waals surface area (Å²) in [5.74, 6) is 0.306. The van der Waals surface area contributed by atoms with Crippen LogP contribution >= 0.6 is 0 Å². The summed E-state index contributed by atoms with van der Waals surface area (Å²) in [7, 11) is -3.33. The maximum atomic E-state index is 11.7. The largest absolute Gasteiger partial charge is 0.513 e. The Balaban J connectivity index is 2.93. The van der Waals surface area contributed by atoms with Crippen molar-refractivity contribution in [1.29, 1.82) is 0 Å². The van der Waals surface area contributed by atoms with Crippen molar-refractivity contribution in [1.82, 2.24) is 4.72 Å². The molecule has 1 heterocycles. The van der Waals surface area contributed by atoms with Crippen molar-refractivity contribution in [2.24, 2.45) is 5.92 Å². The zero-order valence-corrected chi connectivity index (χ0v) is 13.6. The van der Waals surface area contributed by atoms with E-state index in [0.29, 0.717) is 25.4 Å². The van der Waals surface area contributed by atoms with Crippen molar-refractivity contribution < 1.29 is 22.8 Å². The van der Waals surface area contributed by atoms with Crippen LogP contribution in [0.15, 0.2) is 0 Å². The zero-order chi connectivity index (χ0) is 15.6. The molecule has 0 aliphatic carbocycles. The second-order valence-electron chi connectivity index (χ2n) is 6.43. The Labute approximate surface area is 121 Å². The number of carboxylic acid groups (broad SMARTS) is 1. The molecule has 0 spiro atoms. The van der Waals surface area contributed by atoms with Crippen molar-refractivity contribution in [3.05, 3.63) is 0 Å². The van der Waals surface area contributed by atoms with Gasteiger partial charge in [0.25, 0.3) is 0 Å². The van der Waals surface area contributed by atoms with Crippen LogP contribution in [0.4, 0.5) is 4.79 Å². The first-order valence-electron chi connectivity index (χ1n) is 7.14. The number of sulfonamides is 1. The smallest absolute Gasteiger partial charge is 0.435 e. The number of nitrogens with zero attached hydrogens (tertiary/aromatic N) is 1. The van der Waals surface area contributed by atoms with Crippen LogP contribution in [-0.4, -0.2) is 55.5 Å². The lowest BCUT2D eigenvalue weighted by molar-refractivity contribution is -0.868. The van der Waals surface area contributed by atoms with Gasteiger partial charge >= 0.3 is 6.09 Å². The maximum Gasteiger partial charge on any atom is 0.513 e. The molecule has 3 atom stereocenters. The van der Waals surface area contributed by atoms with Crippen molar-refractivity contribution in [2.45, 2.75) is 52.1 Å². The van der Waals surface area contributed by atoms with Gasteiger partial charge in [-0.15, -0.1) is 0 Å². The van der Waals surface area contributed by atoms with Gasteiger partial charge in [-0.05, 0) is 19.3 Å². The lowest BCUT2D eigenvalue weighted by Gasteiger charge is -2.36. The fourth-order valence-corrected chi connectivity index (χ4v) is 3.97. The highest BCUT2D eigenvalue weighted by atomic mass is 32.2. The van der Waals surface area contributed by atoms with E-state index in [9.17, 15) is 18.3 Å². The molecule has 7 heteroatoms. The molecule has 0 aromatic carbocycles. The highest BCUT2D eigenvalue weighted by molar-refractivity contribution is 7.88. The van der Waals surface area contributed by atoms with E-state index in [-0.39, 0.29) is 16.6 Å². The van der Waals surface area contributed by atoms with Crippen LogP contribution in [0.3, 0.4) is 0 Å². The molecule has 6 nitrogen and oxygen atoms in total. The first kappa shape index (κ1) is 17.4. The highest BCUT2D eigenvalue weighted by Crippen LogP contribution is 2.28. The Hall–Kier alpha value is -0.660. The van der Waals surface area contributed by atoms with Gasteiger partial charge < -0.3 is 5.11 Å². The predicted molar refractivity (Wildman–Crippen MR) is 77.9 cm³/mol. The number of hydrogen-bond donors (Lipinski definition) is 2. The third-order valence-electron chi connectivity index (χ3n) is 4.09. The molecular weight excluding hydrogens is 280 g/mol. The van der Waals surface area contributed by atoms with Crippen molar-refractivity contribution >= 4 is 16.1 Å². The zero-order valence-electron chi connectivity index (χ0n) is 12.8. The van der Waals surface area contributed by atoms with Crippen LogP contribution in [0.1, 0.15) is 40.0 Å². The Morgan fingerprint density at radius 2 is 2.05 bits per heavy atom. The maximum absolute atomic E-state index is 11.7. The minimum Gasteiger partial charge on any atom is -0.435 e. The van der Waals surface area contributed by atoms with E-state index in [0.717, 1.165) is 19.1 Å². The molecule has 1 amide bonds. The molecule has 1 aliphatic rings. The standard InChI is InChI=1S/C13H26N2O4S/c1-10(2)8-12(14-20(4,18)19)9-15(13(16)17)7-5-6-11(15)3/h10-12,14H,5-9H2,1-4H3/p+1/t11-,12+,15?/m1/s1. The van der Waals surface area contributed by atoms with Gasteiger partial charge in [-0.1, -0.05) is 13.8 Å². The van der Waals surface area contributed by atoms with Gasteiger partial charge in [0.1, 0.15) is 6.54 Å². The van der Waals surface area contributed by atoms with E-state index in [1.54, 1.807) is 0 Å². The second kappa shape index (κ2) is 6.41. The molecule has 1 saturated heterocycles. The summed E-state index contributed by atoms with van der Waals surface area (Å²) in [6.45, 7) is 6.86. The summed E-state index contributed by atoms with van der Waals surface area (Å²) in [6.07, 6.45) is 2.67. The van der Waals surface area contributed by atoms with Crippen LogP contribution in [-0.2, 0) is 10.0 Å². The minimum absolute atomic E-state index is 0.0279. The molecule has 1 rings (SSSR count). The first-order chi connectivity index (χ1) is 9.07. The third-order valence-corrected chi connectivity index (χ3v) is 4.85. The third kappa shape index (κ3) is 4.43. The number of rotatable bonds is 6. The van der Waals surface area contributed by atoms with Gasteiger partial charge in [0.2, 0.25) is 10.0 Å². The van der Waals surface area contributed by atoms with Gasteiger partial charge in [0.15, 0.2) is 0 Å². The molecule has 0 saturated carbocycles.